The minimum atomic E-state index is -0.142. The Morgan fingerprint density at radius 3 is 2.70 bits per heavy atom. The summed E-state index contributed by atoms with van der Waals surface area (Å²) in [5.41, 5.74) is 3.41. The largest absolute Gasteiger partial charge is 0.322 e. The Labute approximate surface area is 119 Å². The molecule has 2 N–H and O–H groups in total. The van der Waals surface area contributed by atoms with Crippen molar-refractivity contribution in [1.29, 1.82) is 0 Å². The Morgan fingerprint density at radius 1 is 1.25 bits per heavy atom. The maximum atomic E-state index is 12.3. The van der Waals surface area contributed by atoms with Gasteiger partial charge in [-0.15, -0.1) is 0 Å². The van der Waals surface area contributed by atoms with Gasteiger partial charge < -0.3 is 10.6 Å². The van der Waals surface area contributed by atoms with Gasteiger partial charge in [-0.25, -0.2) is 0 Å². The number of aryl methyl sites for hydroxylation is 1. The normalized spacial score (nSPS) is 11.9. The fraction of sp³-hybridized carbons (Fsp3) is 0.250. The van der Waals surface area contributed by atoms with Gasteiger partial charge in [-0.2, -0.15) is 0 Å². The van der Waals surface area contributed by atoms with Crippen molar-refractivity contribution in [1.82, 2.24) is 10.3 Å². The average Bonchev–Trinajstić information content (AvgIpc) is 2.47. The SMILES string of the molecule is CNC(C)c1ccccc1NC(=O)c1cncc(C)c1. The molecule has 20 heavy (non-hydrogen) atoms. The lowest BCUT2D eigenvalue weighted by atomic mass is 10.1. The monoisotopic (exact) mass is 269 g/mol. The van der Waals surface area contributed by atoms with E-state index < -0.39 is 0 Å². The van der Waals surface area contributed by atoms with Gasteiger partial charge in [-0.3, -0.25) is 9.78 Å². The fourth-order valence-corrected chi connectivity index (χ4v) is 2.02. The second kappa shape index (κ2) is 6.30. The molecule has 0 fully saturated rings. The van der Waals surface area contributed by atoms with Crippen molar-refractivity contribution in [3.05, 3.63) is 59.4 Å². The Balaban J connectivity index is 2.24. The molecule has 0 bridgehead atoms. The standard InChI is InChI=1S/C16H19N3O/c1-11-8-13(10-18-9-11)16(20)19-15-7-5-4-6-14(15)12(2)17-3/h4-10,12,17H,1-3H3,(H,19,20). The average molecular weight is 269 g/mol. The van der Waals surface area contributed by atoms with E-state index in [4.69, 9.17) is 0 Å². The predicted octanol–water partition coefficient (Wildman–Crippen LogP) is 2.92. The van der Waals surface area contributed by atoms with E-state index in [9.17, 15) is 4.79 Å². The lowest BCUT2D eigenvalue weighted by Gasteiger charge is -2.16. The van der Waals surface area contributed by atoms with Crippen LogP contribution in [0.1, 0.15) is 34.5 Å². The highest BCUT2D eigenvalue weighted by atomic mass is 16.1. The topological polar surface area (TPSA) is 54.0 Å². The van der Waals surface area contributed by atoms with Gasteiger partial charge in [0.25, 0.3) is 5.91 Å². The number of aromatic nitrogens is 1. The van der Waals surface area contributed by atoms with Gasteiger partial charge in [-0.05, 0) is 44.2 Å². The Morgan fingerprint density at radius 2 is 2.00 bits per heavy atom. The van der Waals surface area contributed by atoms with E-state index in [1.807, 2.05) is 44.3 Å². The number of hydrogen-bond donors (Lipinski definition) is 2. The summed E-state index contributed by atoms with van der Waals surface area (Å²) in [6.07, 6.45) is 3.31. The number of hydrogen-bond acceptors (Lipinski definition) is 3. The molecule has 1 amide bonds. The van der Waals surface area contributed by atoms with E-state index in [0.29, 0.717) is 5.56 Å². The van der Waals surface area contributed by atoms with Gasteiger partial charge >= 0.3 is 0 Å². The van der Waals surface area contributed by atoms with Gasteiger partial charge in [0, 0.05) is 24.1 Å². The van der Waals surface area contributed by atoms with Gasteiger partial charge in [-0.1, -0.05) is 18.2 Å². The number of rotatable bonds is 4. The van der Waals surface area contributed by atoms with Crippen LogP contribution in [0.5, 0.6) is 0 Å². The maximum absolute atomic E-state index is 12.3. The molecule has 1 atom stereocenters. The van der Waals surface area contributed by atoms with Gasteiger partial charge in [0.05, 0.1) is 5.56 Å². The van der Waals surface area contributed by atoms with Crippen LogP contribution < -0.4 is 10.6 Å². The molecule has 0 saturated carbocycles. The lowest BCUT2D eigenvalue weighted by Crippen LogP contribution is -2.18. The van der Waals surface area contributed by atoms with Crippen molar-refractivity contribution in [2.45, 2.75) is 19.9 Å². The Bertz CT molecular complexity index is 610. The number of nitrogens with one attached hydrogen (secondary N) is 2. The van der Waals surface area contributed by atoms with Crippen molar-refractivity contribution in [3.63, 3.8) is 0 Å². The van der Waals surface area contributed by atoms with Crippen molar-refractivity contribution >= 4 is 11.6 Å². The molecule has 2 aromatic rings. The molecule has 1 heterocycles. The highest BCUT2D eigenvalue weighted by Gasteiger charge is 2.12. The molecule has 1 aromatic heterocycles. The van der Waals surface area contributed by atoms with Gasteiger partial charge in [0.1, 0.15) is 0 Å². The van der Waals surface area contributed by atoms with Crippen molar-refractivity contribution in [3.8, 4) is 0 Å². The molecule has 0 spiro atoms. The zero-order valence-corrected chi connectivity index (χ0v) is 12.0. The number of para-hydroxylation sites is 1. The molecule has 0 aliphatic rings. The molecule has 0 radical (unpaired) electrons. The van der Waals surface area contributed by atoms with Crippen molar-refractivity contribution in [2.75, 3.05) is 12.4 Å². The summed E-state index contributed by atoms with van der Waals surface area (Å²) < 4.78 is 0. The summed E-state index contributed by atoms with van der Waals surface area (Å²) in [4.78, 5) is 16.3. The first-order valence-corrected chi connectivity index (χ1v) is 6.61. The van der Waals surface area contributed by atoms with E-state index in [2.05, 4.69) is 22.5 Å². The number of amides is 1. The summed E-state index contributed by atoms with van der Waals surface area (Å²) in [6, 6.07) is 9.78. The fourth-order valence-electron chi connectivity index (χ4n) is 2.02. The quantitative estimate of drug-likeness (QED) is 0.897. The molecular weight excluding hydrogens is 250 g/mol. The Kier molecular flexibility index (Phi) is 4.48. The first kappa shape index (κ1) is 14.2. The summed E-state index contributed by atoms with van der Waals surface area (Å²) >= 11 is 0. The molecule has 0 aliphatic carbocycles. The van der Waals surface area contributed by atoms with Crippen LogP contribution in [0.2, 0.25) is 0 Å². The third-order valence-corrected chi connectivity index (χ3v) is 3.25. The van der Waals surface area contributed by atoms with Crippen LogP contribution in [-0.4, -0.2) is 17.9 Å². The number of carbonyl (C=O) groups excluding carboxylic acids is 1. The highest BCUT2D eigenvalue weighted by Crippen LogP contribution is 2.22. The molecule has 2 rings (SSSR count). The first-order chi connectivity index (χ1) is 9.61. The second-order valence-electron chi connectivity index (χ2n) is 4.80. The Hall–Kier alpha value is -2.20. The number of carbonyl (C=O) groups is 1. The molecule has 0 aliphatic heterocycles. The van der Waals surface area contributed by atoms with Crippen LogP contribution in [0, 0.1) is 6.92 Å². The van der Waals surface area contributed by atoms with Crippen LogP contribution in [-0.2, 0) is 0 Å². The molecule has 4 nitrogen and oxygen atoms in total. The minimum absolute atomic E-state index is 0.142. The number of benzene rings is 1. The second-order valence-corrected chi connectivity index (χ2v) is 4.80. The molecule has 1 aromatic carbocycles. The molecule has 4 heteroatoms. The van der Waals surface area contributed by atoms with Crippen molar-refractivity contribution in [2.24, 2.45) is 0 Å². The lowest BCUT2D eigenvalue weighted by molar-refractivity contribution is 0.102. The summed E-state index contributed by atoms with van der Waals surface area (Å²) in [5, 5.41) is 6.13. The molecular formula is C16H19N3O. The summed E-state index contributed by atoms with van der Waals surface area (Å²) in [6.45, 7) is 3.97. The van der Waals surface area contributed by atoms with Crippen LogP contribution >= 0.6 is 0 Å². The summed E-state index contributed by atoms with van der Waals surface area (Å²) in [5.74, 6) is -0.142. The highest BCUT2D eigenvalue weighted by molar-refractivity contribution is 6.04. The first-order valence-electron chi connectivity index (χ1n) is 6.61. The van der Waals surface area contributed by atoms with E-state index in [-0.39, 0.29) is 11.9 Å². The van der Waals surface area contributed by atoms with Crippen LogP contribution in [0.15, 0.2) is 42.7 Å². The van der Waals surface area contributed by atoms with Crippen LogP contribution in [0.25, 0.3) is 0 Å². The van der Waals surface area contributed by atoms with Crippen LogP contribution in [0.4, 0.5) is 5.69 Å². The van der Waals surface area contributed by atoms with E-state index in [0.717, 1.165) is 16.8 Å². The van der Waals surface area contributed by atoms with E-state index in [1.54, 1.807) is 12.4 Å². The third kappa shape index (κ3) is 3.22. The van der Waals surface area contributed by atoms with Gasteiger partial charge in [0.15, 0.2) is 0 Å². The number of pyridine rings is 1. The van der Waals surface area contributed by atoms with Crippen molar-refractivity contribution < 1.29 is 4.79 Å². The predicted molar refractivity (Wildman–Crippen MR) is 80.8 cm³/mol. The smallest absolute Gasteiger partial charge is 0.257 e. The molecule has 1 unspecified atom stereocenters. The third-order valence-electron chi connectivity index (χ3n) is 3.25. The zero-order valence-electron chi connectivity index (χ0n) is 12.0. The summed E-state index contributed by atoms with van der Waals surface area (Å²) in [7, 11) is 1.90. The molecule has 0 saturated heterocycles. The van der Waals surface area contributed by atoms with E-state index in [1.165, 1.54) is 0 Å². The van der Waals surface area contributed by atoms with E-state index >= 15 is 0 Å². The number of nitrogens with zero attached hydrogens (tertiary/aromatic N) is 1. The zero-order chi connectivity index (χ0) is 14.5. The minimum Gasteiger partial charge on any atom is -0.322 e. The van der Waals surface area contributed by atoms with Crippen LogP contribution in [0.3, 0.4) is 0 Å². The van der Waals surface area contributed by atoms with Gasteiger partial charge in [0.2, 0.25) is 0 Å². The number of anilines is 1. The molecule has 104 valence electrons. The maximum Gasteiger partial charge on any atom is 0.257 e.